The summed E-state index contributed by atoms with van der Waals surface area (Å²) < 4.78 is 36.4. The van der Waals surface area contributed by atoms with E-state index in [1.807, 2.05) is 6.07 Å². The molecule has 1 N–H and O–H groups in total. The van der Waals surface area contributed by atoms with Crippen molar-refractivity contribution in [1.29, 1.82) is 0 Å². The summed E-state index contributed by atoms with van der Waals surface area (Å²) in [7, 11) is -2.93. The zero-order chi connectivity index (χ0) is 17.9. The fourth-order valence-corrected chi connectivity index (χ4v) is 4.14. The number of halogens is 2. The average molecular weight is 377 g/mol. The Hall–Kier alpha value is -0.690. The van der Waals surface area contributed by atoms with Crippen LogP contribution in [0.3, 0.4) is 0 Å². The van der Waals surface area contributed by atoms with E-state index in [4.69, 9.17) is 11.6 Å². The molecule has 4 nitrogen and oxygen atoms in total. The third kappa shape index (κ3) is 5.15. The highest BCUT2D eigenvalue weighted by atomic mass is 35.5. The lowest BCUT2D eigenvalue weighted by Gasteiger charge is -2.32. The van der Waals surface area contributed by atoms with Gasteiger partial charge in [-0.15, -0.1) is 0 Å². The lowest BCUT2D eigenvalue weighted by atomic mass is 9.99. The molecule has 1 aliphatic rings. The highest BCUT2D eigenvalue weighted by Crippen LogP contribution is 2.35. The fraction of sp³-hybridized carbons (Fsp3) is 0.647. The molecule has 2 atom stereocenters. The second-order valence-corrected chi connectivity index (χ2v) is 9.45. The van der Waals surface area contributed by atoms with Crippen molar-refractivity contribution in [2.45, 2.75) is 44.8 Å². The SMILES string of the molecule is CC(C)N1CC[C@H](NCCCS(C)(=O)=O)[C@@H]1c1ccc(Cl)c(F)c1. The molecule has 0 unspecified atom stereocenters. The summed E-state index contributed by atoms with van der Waals surface area (Å²) in [6.45, 7) is 5.82. The van der Waals surface area contributed by atoms with Crippen LogP contribution in [0.4, 0.5) is 4.39 Å². The van der Waals surface area contributed by atoms with Crippen molar-refractivity contribution in [1.82, 2.24) is 10.2 Å². The molecule has 1 saturated heterocycles. The first-order chi connectivity index (χ1) is 11.2. The summed E-state index contributed by atoms with van der Waals surface area (Å²) in [5.74, 6) is -0.221. The van der Waals surface area contributed by atoms with Gasteiger partial charge in [-0.3, -0.25) is 4.90 Å². The van der Waals surface area contributed by atoms with E-state index in [2.05, 4.69) is 24.1 Å². The van der Waals surface area contributed by atoms with Crippen LogP contribution in [0.2, 0.25) is 5.02 Å². The van der Waals surface area contributed by atoms with Crippen LogP contribution in [-0.4, -0.2) is 50.5 Å². The van der Waals surface area contributed by atoms with E-state index >= 15 is 0 Å². The van der Waals surface area contributed by atoms with Gasteiger partial charge in [-0.2, -0.15) is 0 Å². The monoisotopic (exact) mass is 376 g/mol. The van der Waals surface area contributed by atoms with E-state index in [9.17, 15) is 12.8 Å². The van der Waals surface area contributed by atoms with Crippen molar-refractivity contribution >= 4 is 21.4 Å². The number of nitrogens with zero attached hydrogens (tertiary/aromatic N) is 1. The van der Waals surface area contributed by atoms with E-state index in [0.717, 1.165) is 18.5 Å². The van der Waals surface area contributed by atoms with Crippen LogP contribution in [0.25, 0.3) is 0 Å². The molecular weight excluding hydrogens is 351 g/mol. The van der Waals surface area contributed by atoms with Gasteiger partial charge in [0.25, 0.3) is 0 Å². The smallest absolute Gasteiger partial charge is 0.147 e. The lowest BCUT2D eigenvalue weighted by Crippen LogP contribution is -2.39. The van der Waals surface area contributed by atoms with Crippen molar-refractivity contribution in [3.8, 4) is 0 Å². The van der Waals surface area contributed by atoms with Crippen LogP contribution in [0, 0.1) is 5.82 Å². The van der Waals surface area contributed by atoms with Gasteiger partial charge < -0.3 is 5.32 Å². The summed E-state index contributed by atoms with van der Waals surface area (Å²) in [4.78, 5) is 2.34. The van der Waals surface area contributed by atoms with Gasteiger partial charge in [-0.1, -0.05) is 17.7 Å². The van der Waals surface area contributed by atoms with Gasteiger partial charge in [0, 0.05) is 24.9 Å². The van der Waals surface area contributed by atoms with Gasteiger partial charge in [0.15, 0.2) is 0 Å². The molecule has 0 saturated carbocycles. The molecule has 1 aromatic rings. The molecule has 1 fully saturated rings. The molecule has 7 heteroatoms. The van der Waals surface area contributed by atoms with Crippen LogP contribution in [0.1, 0.15) is 38.3 Å². The van der Waals surface area contributed by atoms with E-state index < -0.39 is 15.7 Å². The topological polar surface area (TPSA) is 49.4 Å². The Labute approximate surface area is 149 Å². The van der Waals surface area contributed by atoms with Crippen molar-refractivity contribution in [3.05, 3.63) is 34.6 Å². The normalized spacial score (nSPS) is 22.4. The third-order valence-corrected chi connectivity index (χ3v) is 5.82. The van der Waals surface area contributed by atoms with Gasteiger partial charge in [0.2, 0.25) is 0 Å². The largest absolute Gasteiger partial charge is 0.312 e. The van der Waals surface area contributed by atoms with Crippen molar-refractivity contribution in [2.24, 2.45) is 0 Å². The molecular formula is C17H26ClFN2O2S. The Morgan fingerprint density at radius 2 is 2.12 bits per heavy atom. The molecule has 0 spiro atoms. The summed E-state index contributed by atoms with van der Waals surface area (Å²) >= 11 is 5.81. The predicted octanol–water partition coefficient (Wildman–Crippen LogP) is 3.03. The average Bonchev–Trinajstić information content (AvgIpc) is 2.89. The summed E-state index contributed by atoms with van der Waals surface area (Å²) in [5, 5.41) is 3.59. The summed E-state index contributed by atoms with van der Waals surface area (Å²) in [6, 6.07) is 5.57. The molecule has 0 radical (unpaired) electrons. The minimum atomic E-state index is -2.93. The number of rotatable bonds is 7. The Kier molecular flexibility index (Phi) is 6.65. The first-order valence-corrected chi connectivity index (χ1v) is 10.7. The summed E-state index contributed by atoms with van der Waals surface area (Å²) in [6.07, 6.45) is 2.78. The van der Waals surface area contributed by atoms with Crippen molar-refractivity contribution < 1.29 is 12.8 Å². The quantitative estimate of drug-likeness (QED) is 0.743. The van der Waals surface area contributed by atoms with Gasteiger partial charge in [0.1, 0.15) is 15.7 Å². The Bertz CT molecular complexity index is 667. The molecule has 136 valence electrons. The minimum absolute atomic E-state index is 0.0648. The zero-order valence-corrected chi connectivity index (χ0v) is 16.0. The van der Waals surface area contributed by atoms with E-state index in [1.54, 1.807) is 6.07 Å². The maximum Gasteiger partial charge on any atom is 0.147 e. The fourth-order valence-electron chi connectivity index (χ4n) is 3.35. The van der Waals surface area contributed by atoms with E-state index in [0.29, 0.717) is 19.0 Å². The van der Waals surface area contributed by atoms with Crippen LogP contribution in [0.5, 0.6) is 0 Å². The predicted molar refractivity (Wildman–Crippen MR) is 96.7 cm³/mol. The van der Waals surface area contributed by atoms with Crippen LogP contribution in [-0.2, 0) is 9.84 Å². The molecule has 0 amide bonds. The standard InChI is InChI=1S/C17H26ClFN2O2S/c1-12(2)21-9-7-16(20-8-4-10-24(3,22)23)17(21)13-5-6-14(18)15(19)11-13/h5-6,11-12,16-17,20H,4,7-10H2,1-3H3/t16-,17-/m0/s1. The molecule has 1 heterocycles. The number of likely N-dealkylation sites (tertiary alicyclic amines) is 1. The number of hydrogen-bond donors (Lipinski definition) is 1. The first kappa shape index (κ1) is 19.6. The van der Waals surface area contributed by atoms with Gasteiger partial charge in [-0.05, 0) is 50.9 Å². The number of hydrogen-bond acceptors (Lipinski definition) is 4. The van der Waals surface area contributed by atoms with Crippen LogP contribution < -0.4 is 5.32 Å². The minimum Gasteiger partial charge on any atom is -0.312 e. The molecule has 0 bridgehead atoms. The first-order valence-electron chi connectivity index (χ1n) is 8.31. The molecule has 24 heavy (non-hydrogen) atoms. The lowest BCUT2D eigenvalue weighted by molar-refractivity contribution is 0.190. The van der Waals surface area contributed by atoms with Crippen molar-refractivity contribution in [2.75, 3.05) is 25.1 Å². The Morgan fingerprint density at radius 3 is 2.71 bits per heavy atom. The number of sulfone groups is 1. The number of benzene rings is 1. The van der Waals surface area contributed by atoms with Gasteiger partial charge >= 0.3 is 0 Å². The third-order valence-electron chi connectivity index (χ3n) is 4.48. The molecule has 2 rings (SSSR count). The Morgan fingerprint density at radius 1 is 1.42 bits per heavy atom. The second kappa shape index (κ2) is 8.13. The van der Waals surface area contributed by atoms with Gasteiger partial charge in [-0.25, -0.2) is 12.8 Å². The van der Waals surface area contributed by atoms with E-state index in [-0.39, 0.29) is 22.9 Å². The van der Waals surface area contributed by atoms with Crippen LogP contribution in [0.15, 0.2) is 18.2 Å². The molecule has 0 aliphatic carbocycles. The van der Waals surface area contributed by atoms with Gasteiger partial charge in [0.05, 0.1) is 16.8 Å². The van der Waals surface area contributed by atoms with E-state index in [1.165, 1.54) is 12.3 Å². The maximum absolute atomic E-state index is 13.9. The molecule has 1 aliphatic heterocycles. The summed E-state index contributed by atoms with van der Waals surface area (Å²) in [5.41, 5.74) is 0.906. The Balaban J connectivity index is 2.10. The molecule has 0 aromatic heterocycles. The van der Waals surface area contributed by atoms with Crippen molar-refractivity contribution in [3.63, 3.8) is 0 Å². The maximum atomic E-state index is 13.9. The second-order valence-electron chi connectivity index (χ2n) is 6.78. The van der Waals surface area contributed by atoms with Crippen LogP contribution >= 0.6 is 11.6 Å². The molecule has 1 aromatic carbocycles. The highest BCUT2D eigenvalue weighted by Gasteiger charge is 2.36. The zero-order valence-electron chi connectivity index (χ0n) is 14.4. The number of nitrogens with one attached hydrogen (secondary N) is 1. The highest BCUT2D eigenvalue weighted by molar-refractivity contribution is 7.90.